The fraction of sp³-hybridized carbons (Fsp3) is 0.800. The third-order valence-electron chi connectivity index (χ3n) is 7.35. The van der Waals surface area contributed by atoms with Crippen molar-refractivity contribution in [2.24, 2.45) is 40.9 Å². The zero-order chi connectivity index (χ0) is 21.5. The molecule has 0 aliphatic heterocycles. The summed E-state index contributed by atoms with van der Waals surface area (Å²) in [5.74, 6) is -8.04. The summed E-state index contributed by atoms with van der Waals surface area (Å²) in [5.41, 5.74) is -1.89. The van der Waals surface area contributed by atoms with Gasteiger partial charge in [0.15, 0.2) is 5.41 Å². The SMILES string of the molecule is COC(=O)[C@@H]1C(O)[C@H](C(=O)OC)[C@H]2[C@H]3CCCC[C@H]3[C@H]1C2(C(=O)OC)C(=O)OC. The Hall–Kier alpha value is -2.16. The Morgan fingerprint density at radius 3 is 1.41 bits per heavy atom. The highest BCUT2D eigenvalue weighted by Crippen LogP contribution is 2.68. The number of hydrogen-bond donors (Lipinski definition) is 1. The first kappa shape index (κ1) is 21.5. The highest BCUT2D eigenvalue weighted by Gasteiger charge is 2.78. The van der Waals surface area contributed by atoms with Crippen LogP contribution in [0.2, 0.25) is 0 Å². The number of hydrogen-bond acceptors (Lipinski definition) is 9. The predicted molar refractivity (Wildman–Crippen MR) is 95.9 cm³/mol. The maximum atomic E-state index is 13.2. The number of esters is 4. The Kier molecular flexibility index (Phi) is 5.89. The van der Waals surface area contributed by atoms with Crippen LogP contribution >= 0.6 is 0 Å². The molecule has 3 saturated carbocycles. The lowest BCUT2D eigenvalue weighted by Crippen LogP contribution is -2.63. The van der Waals surface area contributed by atoms with Crippen LogP contribution in [0.1, 0.15) is 25.7 Å². The average Bonchev–Trinajstić information content (AvgIpc) is 2.98. The van der Waals surface area contributed by atoms with Gasteiger partial charge in [0.2, 0.25) is 0 Å². The van der Waals surface area contributed by atoms with E-state index >= 15 is 0 Å². The summed E-state index contributed by atoms with van der Waals surface area (Å²) in [5, 5.41) is 11.1. The van der Waals surface area contributed by atoms with E-state index in [0.29, 0.717) is 12.8 Å². The summed E-state index contributed by atoms with van der Waals surface area (Å²) in [4.78, 5) is 51.9. The Balaban J connectivity index is 2.34. The van der Waals surface area contributed by atoms with E-state index in [1.807, 2.05) is 0 Å². The van der Waals surface area contributed by atoms with Gasteiger partial charge in [-0.3, -0.25) is 19.2 Å². The molecule has 3 aliphatic carbocycles. The largest absolute Gasteiger partial charge is 0.469 e. The van der Waals surface area contributed by atoms with Gasteiger partial charge in [-0.15, -0.1) is 0 Å². The molecule has 3 fully saturated rings. The molecule has 0 aromatic carbocycles. The highest BCUT2D eigenvalue weighted by atomic mass is 16.6. The number of rotatable bonds is 4. The summed E-state index contributed by atoms with van der Waals surface area (Å²) in [6.45, 7) is 0. The van der Waals surface area contributed by atoms with Crippen LogP contribution in [0.5, 0.6) is 0 Å². The molecule has 9 nitrogen and oxygen atoms in total. The van der Waals surface area contributed by atoms with Crippen molar-refractivity contribution in [1.82, 2.24) is 0 Å². The van der Waals surface area contributed by atoms with Crippen molar-refractivity contribution in [1.29, 1.82) is 0 Å². The van der Waals surface area contributed by atoms with Gasteiger partial charge in [-0.05, 0) is 24.7 Å². The Morgan fingerprint density at radius 2 is 1.10 bits per heavy atom. The molecule has 0 aromatic heterocycles. The zero-order valence-electron chi connectivity index (χ0n) is 17.1. The van der Waals surface area contributed by atoms with Gasteiger partial charge in [-0.2, -0.15) is 0 Å². The third-order valence-corrected chi connectivity index (χ3v) is 7.35. The van der Waals surface area contributed by atoms with E-state index in [-0.39, 0.29) is 11.8 Å². The molecule has 2 bridgehead atoms. The first-order valence-electron chi connectivity index (χ1n) is 9.83. The van der Waals surface area contributed by atoms with E-state index in [4.69, 9.17) is 18.9 Å². The molecule has 3 rings (SSSR count). The first-order chi connectivity index (χ1) is 13.8. The van der Waals surface area contributed by atoms with Gasteiger partial charge in [-0.1, -0.05) is 12.8 Å². The van der Waals surface area contributed by atoms with Gasteiger partial charge in [0.25, 0.3) is 0 Å². The van der Waals surface area contributed by atoms with Crippen molar-refractivity contribution in [3.8, 4) is 0 Å². The molecule has 0 aromatic rings. The molecular formula is C20H28O9. The van der Waals surface area contributed by atoms with Crippen molar-refractivity contribution in [3.63, 3.8) is 0 Å². The molecule has 0 spiro atoms. The minimum absolute atomic E-state index is 0.236. The maximum absolute atomic E-state index is 13.2. The summed E-state index contributed by atoms with van der Waals surface area (Å²) in [6.07, 6.45) is 1.59. The smallest absolute Gasteiger partial charge is 0.323 e. The lowest BCUT2D eigenvalue weighted by Gasteiger charge is -2.48. The fourth-order valence-electron chi connectivity index (χ4n) is 6.53. The summed E-state index contributed by atoms with van der Waals surface area (Å²) >= 11 is 0. The lowest BCUT2D eigenvalue weighted by atomic mass is 9.54. The number of ether oxygens (including phenoxy) is 4. The van der Waals surface area contributed by atoms with Gasteiger partial charge in [-0.25, -0.2) is 0 Å². The van der Waals surface area contributed by atoms with E-state index < -0.39 is 59.1 Å². The quantitative estimate of drug-likeness (QED) is 0.395. The van der Waals surface area contributed by atoms with Crippen LogP contribution in [0.25, 0.3) is 0 Å². The predicted octanol–water partition coefficient (Wildman–Crippen LogP) is 0.324. The van der Waals surface area contributed by atoms with Crippen molar-refractivity contribution >= 4 is 23.9 Å². The van der Waals surface area contributed by atoms with Gasteiger partial charge in [0.1, 0.15) is 0 Å². The molecule has 3 aliphatic rings. The lowest BCUT2D eigenvalue weighted by molar-refractivity contribution is -0.201. The van der Waals surface area contributed by atoms with Gasteiger partial charge >= 0.3 is 23.9 Å². The van der Waals surface area contributed by atoms with Crippen LogP contribution in [-0.2, 0) is 38.1 Å². The average molecular weight is 412 g/mol. The molecule has 0 heterocycles. The molecule has 29 heavy (non-hydrogen) atoms. The first-order valence-corrected chi connectivity index (χ1v) is 9.83. The third kappa shape index (κ3) is 2.77. The van der Waals surface area contributed by atoms with Crippen LogP contribution in [-0.4, -0.2) is 63.5 Å². The van der Waals surface area contributed by atoms with Crippen LogP contribution < -0.4 is 0 Å². The Bertz CT molecular complexity index is 644. The normalized spacial score (nSPS) is 37.1. The molecular weight excluding hydrogens is 384 g/mol. The second-order valence-corrected chi connectivity index (χ2v) is 8.10. The van der Waals surface area contributed by atoms with E-state index in [1.165, 1.54) is 14.2 Å². The molecule has 1 unspecified atom stereocenters. The van der Waals surface area contributed by atoms with Crippen molar-refractivity contribution in [3.05, 3.63) is 0 Å². The summed E-state index contributed by atoms with van der Waals surface area (Å²) in [6, 6.07) is 0. The zero-order valence-corrected chi connectivity index (χ0v) is 17.1. The van der Waals surface area contributed by atoms with E-state index in [1.54, 1.807) is 0 Å². The van der Waals surface area contributed by atoms with E-state index in [0.717, 1.165) is 27.1 Å². The molecule has 9 heteroatoms. The van der Waals surface area contributed by atoms with Crippen LogP contribution in [0.15, 0.2) is 0 Å². The maximum Gasteiger partial charge on any atom is 0.323 e. The number of methoxy groups -OCH3 is 4. The van der Waals surface area contributed by atoms with Crippen LogP contribution in [0.3, 0.4) is 0 Å². The fourth-order valence-corrected chi connectivity index (χ4v) is 6.53. The molecule has 7 atom stereocenters. The van der Waals surface area contributed by atoms with Crippen molar-refractivity contribution in [2.45, 2.75) is 31.8 Å². The van der Waals surface area contributed by atoms with Crippen LogP contribution in [0.4, 0.5) is 0 Å². The van der Waals surface area contributed by atoms with E-state index in [2.05, 4.69) is 0 Å². The van der Waals surface area contributed by atoms with Gasteiger partial charge in [0.05, 0.1) is 46.4 Å². The van der Waals surface area contributed by atoms with Crippen molar-refractivity contribution < 1.29 is 43.2 Å². The minimum atomic E-state index is -1.89. The highest BCUT2D eigenvalue weighted by molar-refractivity contribution is 6.03. The number of aliphatic hydroxyl groups excluding tert-OH is 1. The number of fused-ring (bicyclic) bond motifs is 5. The molecule has 0 radical (unpaired) electrons. The Labute approximate surface area is 169 Å². The van der Waals surface area contributed by atoms with Crippen LogP contribution in [0, 0.1) is 40.9 Å². The molecule has 162 valence electrons. The monoisotopic (exact) mass is 412 g/mol. The van der Waals surface area contributed by atoms with E-state index in [9.17, 15) is 24.3 Å². The summed E-state index contributed by atoms with van der Waals surface area (Å²) < 4.78 is 19.9. The number of carbonyl (C=O) groups is 4. The summed E-state index contributed by atoms with van der Waals surface area (Å²) in [7, 11) is 4.64. The second-order valence-electron chi connectivity index (χ2n) is 8.10. The number of carbonyl (C=O) groups excluding carboxylic acids is 4. The van der Waals surface area contributed by atoms with Crippen molar-refractivity contribution in [2.75, 3.05) is 28.4 Å². The number of aliphatic hydroxyl groups is 1. The molecule has 0 amide bonds. The topological polar surface area (TPSA) is 125 Å². The minimum Gasteiger partial charge on any atom is -0.469 e. The molecule has 1 N–H and O–H groups in total. The second kappa shape index (κ2) is 7.93. The standard InChI is InChI=1S/C20H28O9/c1-26-16(22)11-13-9-7-5-6-8-10(9)14(12(15(11)21)17(23)27-2)20(13,18(24)28-3)19(25)29-4/h9-15,21H,5-8H2,1-4H3/t9-,10+,11+,12-,13-,14-,15?/m1/s1. The molecule has 0 saturated heterocycles. The Morgan fingerprint density at radius 1 is 0.724 bits per heavy atom. The van der Waals surface area contributed by atoms with Gasteiger partial charge in [0, 0.05) is 11.8 Å². The van der Waals surface area contributed by atoms with Gasteiger partial charge < -0.3 is 24.1 Å².